The van der Waals surface area contributed by atoms with Crippen molar-refractivity contribution < 1.29 is 4.21 Å². The molecule has 0 saturated heterocycles. The molecule has 0 aliphatic rings. The zero-order valence-corrected chi connectivity index (χ0v) is 5.81. The first-order valence-electron chi connectivity index (χ1n) is 2.20. The second-order valence-electron chi connectivity index (χ2n) is 1.30. The fourth-order valence-electron chi connectivity index (χ4n) is 0.270. The third-order valence-corrected chi connectivity index (χ3v) is 1.33. The predicted molar refractivity (Wildman–Crippen MR) is 34.9 cm³/mol. The number of hydrogen-bond acceptors (Lipinski definition) is 1. The van der Waals surface area contributed by atoms with Gasteiger partial charge in [0.15, 0.2) is 11.2 Å². The SMILES string of the molecule is C/C=C\N(C)S(N)=O. The van der Waals surface area contributed by atoms with Crippen LogP contribution in [0.4, 0.5) is 0 Å². The van der Waals surface area contributed by atoms with E-state index < -0.39 is 11.2 Å². The molecule has 0 fully saturated rings. The second kappa shape index (κ2) is 3.63. The normalized spacial score (nSPS) is 14.4. The van der Waals surface area contributed by atoms with E-state index in [9.17, 15) is 4.21 Å². The van der Waals surface area contributed by atoms with E-state index in [-0.39, 0.29) is 0 Å². The van der Waals surface area contributed by atoms with Gasteiger partial charge in [-0.25, -0.2) is 9.35 Å². The first-order valence-corrected chi connectivity index (χ1v) is 3.37. The summed E-state index contributed by atoms with van der Waals surface area (Å²) in [6, 6.07) is 0. The predicted octanol–water partition coefficient (Wildman–Crippen LogP) is -0.0108. The lowest BCUT2D eigenvalue weighted by Crippen LogP contribution is -2.21. The summed E-state index contributed by atoms with van der Waals surface area (Å²) < 4.78 is 11.7. The Labute approximate surface area is 51.9 Å². The van der Waals surface area contributed by atoms with Crippen LogP contribution in [0.5, 0.6) is 0 Å². The Hall–Kier alpha value is -0.350. The molecule has 3 nitrogen and oxygen atoms in total. The van der Waals surface area contributed by atoms with Crippen LogP contribution in [0.1, 0.15) is 6.92 Å². The van der Waals surface area contributed by atoms with Gasteiger partial charge in [-0.2, -0.15) is 0 Å². The minimum atomic E-state index is -1.36. The third-order valence-electron chi connectivity index (χ3n) is 0.643. The highest BCUT2D eigenvalue weighted by Crippen LogP contribution is 1.82. The van der Waals surface area contributed by atoms with Crippen LogP contribution in [-0.4, -0.2) is 15.6 Å². The zero-order valence-electron chi connectivity index (χ0n) is 5.00. The molecule has 0 amide bonds. The maximum absolute atomic E-state index is 10.3. The number of rotatable bonds is 2. The Kier molecular flexibility index (Phi) is 3.47. The highest BCUT2D eigenvalue weighted by molar-refractivity contribution is 7.80. The largest absolute Gasteiger partial charge is 0.290 e. The zero-order chi connectivity index (χ0) is 6.57. The number of nitrogens with two attached hydrogens (primary N) is 1. The number of allylic oxidation sites excluding steroid dienone is 1. The van der Waals surface area contributed by atoms with Crippen molar-refractivity contribution in [1.82, 2.24) is 4.31 Å². The van der Waals surface area contributed by atoms with Crippen LogP contribution >= 0.6 is 0 Å². The maximum atomic E-state index is 10.3. The van der Waals surface area contributed by atoms with Gasteiger partial charge in [0, 0.05) is 13.2 Å². The first-order chi connectivity index (χ1) is 3.68. The summed E-state index contributed by atoms with van der Waals surface area (Å²) >= 11 is -1.36. The van der Waals surface area contributed by atoms with Crippen LogP contribution < -0.4 is 5.14 Å². The molecular formula is C4H10N2OS. The molecule has 2 N–H and O–H groups in total. The standard InChI is InChI=1S/C4H10N2OS/c1-3-4-6(2)8(5)7/h3-4H,5H2,1-2H3/b4-3-. The Morgan fingerprint density at radius 1 is 1.75 bits per heavy atom. The molecule has 1 unspecified atom stereocenters. The van der Waals surface area contributed by atoms with E-state index >= 15 is 0 Å². The van der Waals surface area contributed by atoms with Crippen molar-refractivity contribution in [2.45, 2.75) is 6.92 Å². The van der Waals surface area contributed by atoms with Gasteiger partial charge in [0.2, 0.25) is 0 Å². The van der Waals surface area contributed by atoms with Crippen molar-refractivity contribution in [3.63, 3.8) is 0 Å². The van der Waals surface area contributed by atoms with Crippen molar-refractivity contribution in [3.05, 3.63) is 12.3 Å². The lowest BCUT2D eigenvalue weighted by Gasteiger charge is -2.05. The van der Waals surface area contributed by atoms with Gasteiger partial charge in [0.05, 0.1) is 0 Å². The van der Waals surface area contributed by atoms with Crippen LogP contribution in [-0.2, 0) is 11.2 Å². The van der Waals surface area contributed by atoms with E-state index in [0.717, 1.165) is 0 Å². The van der Waals surface area contributed by atoms with Gasteiger partial charge < -0.3 is 0 Å². The minimum Gasteiger partial charge on any atom is -0.290 e. The van der Waals surface area contributed by atoms with E-state index in [0.29, 0.717) is 0 Å². The molecule has 0 saturated carbocycles. The molecule has 0 aliphatic heterocycles. The summed E-state index contributed by atoms with van der Waals surface area (Å²) in [5.41, 5.74) is 0. The molecule has 0 aromatic carbocycles. The van der Waals surface area contributed by atoms with Gasteiger partial charge in [0.25, 0.3) is 0 Å². The van der Waals surface area contributed by atoms with Crippen molar-refractivity contribution in [2.24, 2.45) is 5.14 Å². The molecule has 0 radical (unpaired) electrons. The molecule has 48 valence electrons. The van der Waals surface area contributed by atoms with Gasteiger partial charge in [-0.1, -0.05) is 6.08 Å². The molecule has 0 aromatic rings. The Morgan fingerprint density at radius 2 is 2.25 bits per heavy atom. The quantitative estimate of drug-likeness (QED) is 0.567. The average Bonchev–Trinajstić information content (AvgIpc) is 1.67. The highest BCUT2D eigenvalue weighted by atomic mass is 32.2. The van der Waals surface area contributed by atoms with Crippen LogP contribution in [0.3, 0.4) is 0 Å². The van der Waals surface area contributed by atoms with Crippen molar-refractivity contribution in [2.75, 3.05) is 7.05 Å². The Bertz CT molecular complexity index is 113. The van der Waals surface area contributed by atoms with Gasteiger partial charge in [-0.05, 0) is 6.92 Å². The van der Waals surface area contributed by atoms with Crippen LogP contribution in [0, 0.1) is 0 Å². The maximum Gasteiger partial charge on any atom is 0.192 e. The fraction of sp³-hybridized carbons (Fsp3) is 0.500. The molecule has 4 heteroatoms. The summed E-state index contributed by atoms with van der Waals surface area (Å²) in [6.45, 7) is 1.84. The molecule has 0 aliphatic carbocycles. The summed E-state index contributed by atoms with van der Waals surface area (Å²) in [5, 5.41) is 4.97. The average molecular weight is 134 g/mol. The van der Waals surface area contributed by atoms with Crippen LogP contribution in [0.15, 0.2) is 12.3 Å². The van der Waals surface area contributed by atoms with E-state index in [4.69, 9.17) is 5.14 Å². The molecule has 0 heterocycles. The molecule has 0 spiro atoms. The first kappa shape index (κ1) is 7.65. The van der Waals surface area contributed by atoms with Crippen LogP contribution in [0.2, 0.25) is 0 Å². The van der Waals surface area contributed by atoms with Gasteiger partial charge in [0.1, 0.15) is 0 Å². The molecule has 0 rings (SSSR count). The summed E-state index contributed by atoms with van der Waals surface area (Å²) in [4.78, 5) is 0. The topological polar surface area (TPSA) is 46.3 Å². The van der Waals surface area contributed by atoms with Crippen molar-refractivity contribution in [1.29, 1.82) is 0 Å². The Balaban J connectivity index is 3.64. The smallest absolute Gasteiger partial charge is 0.192 e. The lowest BCUT2D eigenvalue weighted by atomic mass is 10.7. The molecule has 0 bridgehead atoms. The molecule has 0 aromatic heterocycles. The van der Waals surface area contributed by atoms with E-state index in [2.05, 4.69) is 0 Å². The summed E-state index contributed by atoms with van der Waals surface area (Å²) in [7, 11) is 1.65. The fourth-order valence-corrected chi connectivity index (χ4v) is 0.512. The molecule has 8 heavy (non-hydrogen) atoms. The second-order valence-corrected chi connectivity index (χ2v) is 2.43. The lowest BCUT2D eigenvalue weighted by molar-refractivity contribution is 0.630. The van der Waals surface area contributed by atoms with E-state index in [1.807, 2.05) is 6.92 Å². The van der Waals surface area contributed by atoms with Crippen LogP contribution in [0.25, 0.3) is 0 Å². The summed E-state index contributed by atoms with van der Waals surface area (Å²) in [6.07, 6.45) is 3.42. The van der Waals surface area contributed by atoms with Crippen molar-refractivity contribution >= 4 is 11.2 Å². The van der Waals surface area contributed by atoms with Gasteiger partial charge >= 0.3 is 0 Å². The summed E-state index contributed by atoms with van der Waals surface area (Å²) in [5.74, 6) is 0. The number of hydrogen-bond donors (Lipinski definition) is 1. The van der Waals surface area contributed by atoms with Gasteiger partial charge in [-0.15, -0.1) is 0 Å². The Morgan fingerprint density at radius 3 is 2.38 bits per heavy atom. The highest BCUT2D eigenvalue weighted by Gasteiger charge is 1.90. The monoisotopic (exact) mass is 134 g/mol. The van der Waals surface area contributed by atoms with E-state index in [1.165, 1.54) is 4.31 Å². The van der Waals surface area contributed by atoms with Crippen molar-refractivity contribution in [3.8, 4) is 0 Å². The van der Waals surface area contributed by atoms with Gasteiger partial charge in [-0.3, -0.25) is 4.31 Å². The minimum absolute atomic E-state index is 1.36. The third kappa shape index (κ3) is 2.76. The van der Waals surface area contributed by atoms with E-state index in [1.54, 1.807) is 19.3 Å². The molecule has 1 atom stereocenters. The molecular weight excluding hydrogens is 124 g/mol. The number of nitrogens with zero attached hydrogens (tertiary/aromatic N) is 1.